The molecule has 157 valence electrons. The third-order valence-electron chi connectivity index (χ3n) is 4.11. The van der Waals surface area contributed by atoms with Gasteiger partial charge in [-0.15, -0.1) is 0 Å². The fourth-order valence-electron chi connectivity index (χ4n) is 2.75. The Labute approximate surface area is 196 Å². The van der Waals surface area contributed by atoms with Gasteiger partial charge in [-0.1, -0.05) is 0 Å². The summed E-state index contributed by atoms with van der Waals surface area (Å²) in [6, 6.07) is 21.2. The maximum atomic E-state index is 13.1. The van der Waals surface area contributed by atoms with Gasteiger partial charge in [-0.3, -0.25) is 0 Å². The van der Waals surface area contributed by atoms with Crippen molar-refractivity contribution in [2.24, 2.45) is 0 Å². The molecule has 0 bridgehead atoms. The molecule has 3 aromatic rings. The summed E-state index contributed by atoms with van der Waals surface area (Å²) in [5.74, 6) is -0.180. The van der Waals surface area contributed by atoms with Crippen molar-refractivity contribution < 1.29 is 13.2 Å². The minimum absolute atomic E-state index is 0.107. The number of hydrogen-bond acceptors (Lipinski definition) is 4. The number of carbonyl (C=O) groups excluding carboxylic acids is 1. The van der Waals surface area contributed by atoms with E-state index < -0.39 is 29.0 Å². The second-order valence-electron chi connectivity index (χ2n) is 6.26. The van der Waals surface area contributed by atoms with Crippen molar-refractivity contribution in [1.29, 1.82) is 5.26 Å². The second-order valence-corrected chi connectivity index (χ2v) is 13.8. The molecule has 31 heavy (non-hydrogen) atoms. The summed E-state index contributed by atoms with van der Waals surface area (Å²) in [6.45, 7) is 0. The van der Waals surface area contributed by atoms with Crippen molar-refractivity contribution in [2.45, 2.75) is 5.75 Å². The molecule has 2 amide bonds. The number of urea groups is 1. The Morgan fingerprint density at radius 2 is 1.61 bits per heavy atom. The molecule has 0 saturated carbocycles. The molecule has 1 radical (unpaired) electrons. The first-order valence-corrected chi connectivity index (χ1v) is 14.4. The number of anilines is 2. The van der Waals surface area contributed by atoms with E-state index in [2.05, 4.69) is 4.23 Å². The van der Waals surface area contributed by atoms with Gasteiger partial charge >= 0.3 is 197 Å². The van der Waals surface area contributed by atoms with Crippen molar-refractivity contribution in [3.63, 3.8) is 0 Å². The fraction of sp³-hybridized carbons (Fsp3) is 0.0476. The molecule has 0 fully saturated rings. The molecule has 0 unspecified atom stereocenters. The van der Waals surface area contributed by atoms with Crippen molar-refractivity contribution >= 4 is 63.5 Å². The Hall–Kier alpha value is -2.49. The van der Waals surface area contributed by atoms with Crippen LogP contribution in [-0.2, 0) is 13.9 Å². The monoisotopic (exact) mass is 534 g/mol. The van der Waals surface area contributed by atoms with Gasteiger partial charge in [-0.2, -0.15) is 0 Å². The zero-order valence-electron chi connectivity index (χ0n) is 15.9. The standard InChI is InChI=1S/C21H15AsCl2N3O3S/c23-17-10-6-12-19(20(17)24)27(18-11-5-4-9-16(18)13-25)21(28)26-22-31(29,30)14-15-7-2-1-3-8-15/h1-12H,14H2,(H,26,28). The van der Waals surface area contributed by atoms with Crippen LogP contribution >= 0.6 is 23.2 Å². The number of hydrogen-bond donors (Lipinski definition) is 1. The third-order valence-corrected chi connectivity index (χ3v) is 9.53. The number of nitrogens with one attached hydrogen (secondary N) is 1. The number of nitriles is 1. The van der Waals surface area contributed by atoms with E-state index in [1.54, 1.807) is 72.8 Å². The number of nitrogens with zero attached hydrogens (tertiary/aromatic N) is 2. The molecule has 0 aliphatic rings. The van der Waals surface area contributed by atoms with E-state index in [0.29, 0.717) is 5.56 Å². The first-order chi connectivity index (χ1) is 14.8. The van der Waals surface area contributed by atoms with Gasteiger partial charge < -0.3 is 0 Å². The SMILES string of the molecule is N#Cc1ccccc1N(C(=O)N[As]S(=O)(=O)Cc1ccccc1)c1cccc(Cl)c1Cl. The second kappa shape index (κ2) is 10.2. The van der Waals surface area contributed by atoms with Crippen LogP contribution in [0.25, 0.3) is 0 Å². The van der Waals surface area contributed by atoms with Crippen LogP contribution in [0, 0.1) is 11.3 Å². The van der Waals surface area contributed by atoms with Crippen LogP contribution in [0.15, 0.2) is 72.8 Å². The van der Waals surface area contributed by atoms with Crippen LogP contribution in [0.3, 0.4) is 0 Å². The molecule has 10 heteroatoms. The van der Waals surface area contributed by atoms with Gasteiger partial charge in [0.15, 0.2) is 0 Å². The third kappa shape index (κ3) is 5.81. The van der Waals surface area contributed by atoms with E-state index in [0.717, 1.165) is 0 Å². The van der Waals surface area contributed by atoms with E-state index in [9.17, 15) is 18.5 Å². The van der Waals surface area contributed by atoms with Crippen molar-refractivity contribution in [2.75, 3.05) is 4.90 Å². The van der Waals surface area contributed by atoms with Crippen LogP contribution in [0.4, 0.5) is 16.2 Å². The molecule has 0 aliphatic carbocycles. The Morgan fingerprint density at radius 1 is 0.968 bits per heavy atom. The number of halogens is 2. The van der Waals surface area contributed by atoms with Crippen molar-refractivity contribution in [3.8, 4) is 6.07 Å². The number of amides is 2. The molecule has 0 aromatic heterocycles. The van der Waals surface area contributed by atoms with Crippen LogP contribution in [0.5, 0.6) is 0 Å². The first kappa shape index (κ1) is 23.2. The number of carbonyl (C=O) groups is 1. The molecule has 0 atom stereocenters. The molecule has 1 N–H and O–H groups in total. The summed E-state index contributed by atoms with van der Waals surface area (Å²) in [4.78, 5) is 14.3. The van der Waals surface area contributed by atoms with Gasteiger partial charge in [-0.05, 0) is 0 Å². The molecular weight excluding hydrogens is 520 g/mol. The van der Waals surface area contributed by atoms with E-state index in [1.807, 2.05) is 6.07 Å². The van der Waals surface area contributed by atoms with Crippen molar-refractivity contribution in [3.05, 3.63) is 94.0 Å². The molecular formula is C21H15AsCl2N3O3S. The molecule has 0 saturated heterocycles. The average Bonchev–Trinajstić information content (AvgIpc) is 2.76. The number of para-hydroxylation sites is 1. The first-order valence-electron chi connectivity index (χ1n) is 8.84. The molecule has 3 aromatic carbocycles. The van der Waals surface area contributed by atoms with Gasteiger partial charge in [0.2, 0.25) is 0 Å². The molecule has 0 spiro atoms. The van der Waals surface area contributed by atoms with Crippen LogP contribution in [0.2, 0.25) is 10.0 Å². The Bertz CT molecular complexity index is 1250. The predicted molar refractivity (Wildman–Crippen MR) is 123 cm³/mol. The zero-order valence-corrected chi connectivity index (χ0v) is 20.1. The van der Waals surface area contributed by atoms with Gasteiger partial charge in [0.25, 0.3) is 0 Å². The molecule has 0 aliphatic heterocycles. The summed E-state index contributed by atoms with van der Waals surface area (Å²) in [7, 11) is -3.55. The summed E-state index contributed by atoms with van der Waals surface area (Å²) < 4.78 is 27.6. The Morgan fingerprint density at radius 3 is 2.32 bits per heavy atom. The van der Waals surface area contributed by atoms with E-state index in [-0.39, 0.29) is 32.7 Å². The van der Waals surface area contributed by atoms with Crippen LogP contribution in [-0.4, -0.2) is 29.3 Å². The van der Waals surface area contributed by atoms with Gasteiger partial charge in [0.05, 0.1) is 0 Å². The van der Waals surface area contributed by atoms with E-state index in [1.165, 1.54) is 4.90 Å². The average molecular weight is 535 g/mol. The van der Waals surface area contributed by atoms with E-state index >= 15 is 0 Å². The zero-order chi connectivity index (χ0) is 22.4. The summed E-state index contributed by atoms with van der Waals surface area (Å²) >= 11 is 10.9. The normalized spacial score (nSPS) is 11.3. The Kier molecular flexibility index (Phi) is 7.63. The summed E-state index contributed by atoms with van der Waals surface area (Å²) in [6.07, 6.45) is 0. The molecule has 3 rings (SSSR count). The van der Waals surface area contributed by atoms with E-state index in [4.69, 9.17) is 23.2 Å². The quantitative estimate of drug-likeness (QED) is 0.457. The number of benzene rings is 3. The fourth-order valence-corrected chi connectivity index (χ4v) is 6.95. The summed E-state index contributed by atoms with van der Waals surface area (Å²) in [5, 5.41) is 9.81. The summed E-state index contributed by atoms with van der Waals surface area (Å²) in [5.41, 5.74) is 1.35. The van der Waals surface area contributed by atoms with Crippen LogP contribution in [0.1, 0.15) is 11.1 Å². The molecule has 0 heterocycles. The molecule has 6 nitrogen and oxygen atoms in total. The minimum atomic E-state index is -3.55. The van der Waals surface area contributed by atoms with Gasteiger partial charge in [0.1, 0.15) is 0 Å². The van der Waals surface area contributed by atoms with Crippen LogP contribution < -0.4 is 9.13 Å². The van der Waals surface area contributed by atoms with Gasteiger partial charge in [-0.25, -0.2) is 0 Å². The van der Waals surface area contributed by atoms with Crippen molar-refractivity contribution in [1.82, 2.24) is 4.23 Å². The van der Waals surface area contributed by atoms with Gasteiger partial charge in [0, 0.05) is 0 Å². The predicted octanol–water partition coefficient (Wildman–Crippen LogP) is 4.86. The topological polar surface area (TPSA) is 90.3 Å². The number of rotatable bonds is 6. The Balaban J connectivity index is 1.92. The maximum absolute atomic E-state index is 13.1.